The first-order valence-corrected chi connectivity index (χ1v) is 8.66. The third-order valence-corrected chi connectivity index (χ3v) is 3.05. The van der Waals surface area contributed by atoms with Crippen molar-refractivity contribution in [1.82, 2.24) is 10.6 Å². The summed E-state index contributed by atoms with van der Waals surface area (Å²) in [6.45, 7) is 8.99. The van der Waals surface area contributed by atoms with Gasteiger partial charge in [-0.1, -0.05) is 13.8 Å². The van der Waals surface area contributed by atoms with Crippen molar-refractivity contribution in [3.63, 3.8) is 0 Å². The number of carbonyl (C=O) groups is 3. The Morgan fingerprint density at radius 2 is 1.40 bits per heavy atom. The second-order valence-corrected chi connectivity index (χ2v) is 6.10. The van der Waals surface area contributed by atoms with Crippen molar-refractivity contribution in [3.05, 3.63) is 0 Å². The van der Waals surface area contributed by atoms with Crippen LogP contribution in [0.2, 0.25) is 0 Å². The third kappa shape index (κ3) is 15.7. The Morgan fingerprint density at radius 1 is 0.840 bits per heavy atom. The van der Waals surface area contributed by atoms with Crippen LogP contribution in [0.1, 0.15) is 37.0 Å². The van der Waals surface area contributed by atoms with Crippen molar-refractivity contribution in [2.45, 2.75) is 40.2 Å². The average molecular weight is 364 g/mol. The lowest BCUT2D eigenvalue weighted by atomic mass is 10.1. The normalized spacial score (nSPS) is 11.0. The minimum atomic E-state index is -0.253. The number of Topliss-reactive ketones (excluding diaryl/α,β-unsaturated/α-hetero) is 1. The molecule has 2 N–H and O–H groups in total. The van der Waals surface area contributed by atoms with Gasteiger partial charge in [0.1, 0.15) is 19.0 Å². The molecule has 0 radical (unpaired) electrons. The van der Waals surface area contributed by atoms with Gasteiger partial charge in [-0.2, -0.15) is 0 Å². The molecular weight excluding hydrogens is 328 g/mol. The van der Waals surface area contributed by atoms with Crippen LogP contribution in [0.3, 0.4) is 0 Å². The highest BCUT2D eigenvalue weighted by Gasteiger charge is 2.06. The Bertz CT molecular complexity index is 409. The standard InChI is InChI=1S/C17H32N2O6.2H2/c1-13(2)15(20)5-8-23-9-6-18-16(21)11-24-10-7-19-17(22)12-25-14(3)4;;/h13-14H,5-12H2,1-4H3,(H,18,21)(H,19,22);2*1H. The van der Waals surface area contributed by atoms with Crippen LogP contribution in [0, 0.1) is 5.92 Å². The fourth-order valence-corrected chi connectivity index (χ4v) is 1.60. The molecule has 0 fully saturated rings. The number of nitrogens with one attached hydrogen (secondary N) is 2. The van der Waals surface area contributed by atoms with Gasteiger partial charge in [-0.05, 0) is 13.8 Å². The molecule has 0 aliphatic rings. The Hall–Kier alpha value is -1.51. The van der Waals surface area contributed by atoms with Crippen molar-refractivity contribution < 1.29 is 31.4 Å². The summed E-state index contributed by atoms with van der Waals surface area (Å²) in [6.07, 6.45) is 0.396. The summed E-state index contributed by atoms with van der Waals surface area (Å²) < 4.78 is 15.6. The molecule has 0 unspecified atom stereocenters. The van der Waals surface area contributed by atoms with E-state index in [2.05, 4.69) is 10.6 Å². The summed E-state index contributed by atoms with van der Waals surface area (Å²) in [5, 5.41) is 5.27. The number of hydrogen-bond donors (Lipinski definition) is 2. The van der Waals surface area contributed by atoms with Crippen molar-refractivity contribution in [2.24, 2.45) is 5.92 Å². The number of carbonyl (C=O) groups excluding carboxylic acids is 3. The molecule has 8 heteroatoms. The van der Waals surface area contributed by atoms with E-state index in [1.807, 2.05) is 27.7 Å². The lowest BCUT2D eigenvalue weighted by Gasteiger charge is -2.09. The van der Waals surface area contributed by atoms with Gasteiger partial charge in [-0.3, -0.25) is 14.4 Å². The Morgan fingerprint density at radius 3 is 1.96 bits per heavy atom. The minimum Gasteiger partial charge on any atom is -0.379 e. The van der Waals surface area contributed by atoms with Crippen LogP contribution in [0.25, 0.3) is 0 Å². The fourth-order valence-electron chi connectivity index (χ4n) is 1.60. The van der Waals surface area contributed by atoms with Crippen molar-refractivity contribution in [1.29, 1.82) is 0 Å². The maximum absolute atomic E-state index is 11.5. The SMILES string of the molecule is CC(C)OCC(=O)NCCOCC(=O)NCCOCCC(=O)C(C)C.[HH].[HH]. The van der Waals surface area contributed by atoms with E-state index in [0.29, 0.717) is 32.7 Å². The molecule has 150 valence electrons. The first-order valence-electron chi connectivity index (χ1n) is 8.66. The zero-order chi connectivity index (χ0) is 19.1. The molecule has 0 aromatic heterocycles. The molecule has 0 bridgehead atoms. The molecule has 0 saturated heterocycles. The van der Waals surface area contributed by atoms with Gasteiger partial charge in [0.15, 0.2) is 0 Å². The molecular formula is C17H36N2O6. The smallest absolute Gasteiger partial charge is 0.246 e. The van der Waals surface area contributed by atoms with Gasteiger partial charge in [0.05, 0.1) is 25.9 Å². The van der Waals surface area contributed by atoms with Crippen LogP contribution < -0.4 is 10.6 Å². The second kappa shape index (κ2) is 14.8. The largest absolute Gasteiger partial charge is 0.379 e. The van der Waals surface area contributed by atoms with Gasteiger partial charge >= 0.3 is 0 Å². The van der Waals surface area contributed by atoms with Gasteiger partial charge < -0.3 is 24.8 Å². The van der Waals surface area contributed by atoms with Gasteiger partial charge in [-0.25, -0.2) is 0 Å². The number of hydrogen-bond acceptors (Lipinski definition) is 6. The monoisotopic (exact) mass is 364 g/mol. The van der Waals surface area contributed by atoms with E-state index < -0.39 is 0 Å². The lowest BCUT2D eigenvalue weighted by Crippen LogP contribution is -2.34. The Labute approximate surface area is 152 Å². The zero-order valence-corrected chi connectivity index (χ0v) is 15.8. The van der Waals surface area contributed by atoms with Gasteiger partial charge in [-0.15, -0.1) is 0 Å². The second-order valence-electron chi connectivity index (χ2n) is 6.10. The maximum atomic E-state index is 11.5. The van der Waals surface area contributed by atoms with E-state index in [9.17, 15) is 14.4 Å². The molecule has 0 rings (SSSR count). The van der Waals surface area contributed by atoms with E-state index in [-0.39, 0.29) is 52.3 Å². The molecule has 0 aliphatic carbocycles. The molecule has 0 saturated carbocycles. The summed E-state index contributed by atoms with van der Waals surface area (Å²) in [5.41, 5.74) is 0. The number of ketones is 1. The number of rotatable bonds is 15. The number of ether oxygens (including phenoxy) is 3. The average Bonchev–Trinajstić information content (AvgIpc) is 2.55. The van der Waals surface area contributed by atoms with Crippen molar-refractivity contribution in [3.8, 4) is 0 Å². The maximum Gasteiger partial charge on any atom is 0.246 e. The molecule has 2 amide bonds. The molecule has 0 aromatic rings. The molecule has 8 nitrogen and oxygen atoms in total. The highest BCUT2D eigenvalue weighted by atomic mass is 16.5. The van der Waals surface area contributed by atoms with E-state index in [1.165, 1.54) is 0 Å². The van der Waals surface area contributed by atoms with Crippen LogP contribution in [-0.2, 0) is 28.6 Å². The molecule has 0 heterocycles. The van der Waals surface area contributed by atoms with Crippen molar-refractivity contribution >= 4 is 17.6 Å². The van der Waals surface area contributed by atoms with E-state index >= 15 is 0 Å². The summed E-state index contributed by atoms with van der Waals surface area (Å²) in [6, 6.07) is 0. The first-order chi connectivity index (χ1) is 11.8. The van der Waals surface area contributed by atoms with Crippen LogP contribution in [0.4, 0.5) is 0 Å². The molecule has 25 heavy (non-hydrogen) atoms. The first kappa shape index (κ1) is 23.5. The van der Waals surface area contributed by atoms with Gasteiger partial charge in [0.2, 0.25) is 11.8 Å². The lowest BCUT2D eigenvalue weighted by molar-refractivity contribution is -0.128. The summed E-state index contributed by atoms with van der Waals surface area (Å²) in [7, 11) is 0. The Kier molecular flexibility index (Phi) is 13.9. The van der Waals surface area contributed by atoms with Crippen molar-refractivity contribution in [2.75, 3.05) is 46.1 Å². The van der Waals surface area contributed by atoms with Gasteiger partial charge in [0.25, 0.3) is 0 Å². The van der Waals surface area contributed by atoms with Crippen LogP contribution in [0.5, 0.6) is 0 Å². The molecule has 0 spiro atoms. The summed E-state index contributed by atoms with van der Waals surface area (Å²) >= 11 is 0. The third-order valence-electron chi connectivity index (χ3n) is 3.05. The number of amides is 2. The quantitative estimate of drug-likeness (QED) is 0.416. The Balaban J connectivity index is -0.00000288. The fraction of sp³-hybridized carbons (Fsp3) is 0.824. The zero-order valence-electron chi connectivity index (χ0n) is 15.8. The van der Waals surface area contributed by atoms with E-state index in [1.54, 1.807) is 0 Å². The molecule has 0 aromatic carbocycles. The predicted molar refractivity (Wildman–Crippen MR) is 97.4 cm³/mol. The van der Waals surface area contributed by atoms with E-state index in [0.717, 1.165) is 0 Å². The molecule has 0 atom stereocenters. The van der Waals surface area contributed by atoms with Gasteiger partial charge in [0, 0.05) is 28.3 Å². The van der Waals surface area contributed by atoms with Crippen LogP contribution >= 0.6 is 0 Å². The highest BCUT2D eigenvalue weighted by Crippen LogP contribution is 1.98. The topological polar surface area (TPSA) is 103 Å². The van der Waals surface area contributed by atoms with E-state index in [4.69, 9.17) is 14.2 Å². The highest BCUT2D eigenvalue weighted by molar-refractivity contribution is 5.80. The van der Waals surface area contributed by atoms with Crippen LogP contribution in [0.15, 0.2) is 0 Å². The molecule has 0 aliphatic heterocycles. The van der Waals surface area contributed by atoms with Crippen LogP contribution in [-0.4, -0.2) is 69.8 Å². The summed E-state index contributed by atoms with van der Waals surface area (Å²) in [5.74, 6) is -0.278. The summed E-state index contributed by atoms with van der Waals surface area (Å²) in [4.78, 5) is 34.2. The predicted octanol–water partition coefficient (Wildman–Crippen LogP) is 0.784. The minimum absolute atomic E-state index is 0.